The van der Waals surface area contributed by atoms with Crippen LogP contribution in [0.4, 0.5) is 0 Å². The fraction of sp³-hybridized carbons (Fsp3) is 0.167. The van der Waals surface area contributed by atoms with Gasteiger partial charge in [-0.15, -0.1) is 0 Å². The van der Waals surface area contributed by atoms with E-state index < -0.39 is 0 Å². The summed E-state index contributed by atoms with van der Waals surface area (Å²) in [7, 11) is 0. The van der Waals surface area contributed by atoms with Crippen molar-refractivity contribution in [2.45, 2.75) is 6.92 Å². The van der Waals surface area contributed by atoms with Crippen molar-refractivity contribution in [3.63, 3.8) is 0 Å². The third-order valence-electron chi connectivity index (χ3n) is 1.15. The molecule has 0 radical (unpaired) electrons. The van der Waals surface area contributed by atoms with E-state index in [1.54, 1.807) is 13.1 Å². The Morgan fingerprint density at radius 1 is 1.70 bits per heavy atom. The van der Waals surface area contributed by atoms with Crippen molar-refractivity contribution in [1.29, 1.82) is 0 Å². The second-order valence-corrected chi connectivity index (χ2v) is 3.67. The summed E-state index contributed by atoms with van der Waals surface area (Å²) in [6.07, 6.45) is 1.68. The highest BCUT2D eigenvalue weighted by Crippen LogP contribution is 2.03. The summed E-state index contributed by atoms with van der Waals surface area (Å²) >= 11 is 6.08. The monoisotopic (exact) mass is 267 g/mol. The standard InChI is InChI=1S/C6H6INOS/c1-4-2-5(7)3-8(10)6(4)9/h2-3,10H,1H3. The Morgan fingerprint density at radius 3 is 2.80 bits per heavy atom. The summed E-state index contributed by atoms with van der Waals surface area (Å²) in [5.74, 6) is 0. The van der Waals surface area contributed by atoms with Crippen molar-refractivity contribution in [1.82, 2.24) is 3.97 Å². The lowest BCUT2D eigenvalue weighted by Crippen LogP contribution is -2.14. The predicted octanol–water partition coefficient (Wildman–Crippen LogP) is 1.45. The fourth-order valence-corrected chi connectivity index (χ4v) is 1.91. The molecule has 0 saturated carbocycles. The van der Waals surface area contributed by atoms with Crippen LogP contribution in [0.3, 0.4) is 0 Å². The molecule has 0 aliphatic heterocycles. The van der Waals surface area contributed by atoms with Crippen LogP contribution in [0.15, 0.2) is 17.1 Å². The van der Waals surface area contributed by atoms with Crippen LogP contribution in [-0.4, -0.2) is 3.97 Å². The van der Waals surface area contributed by atoms with Crippen molar-refractivity contribution >= 4 is 35.4 Å². The van der Waals surface area contributed by atoms with Crippen LogP contribution in [-0.2, 0) is 0 Å². The first-order valence-electron chi connectivity index (χ1n) is 2.69. The smallest absolute Gasteiger partial charge is 0.263 e. The van der Waals surface area contributed by atoms with E-state index in [0.717, 1.165) is 9.13 Å². The van der Waals surface area contributed by atoms with Crippen LogP contribution >= 0.6 is 35.4 Å². The van der Waals surface area contributed by atoms with Crippen molar-refractivity contribution in [3.8, 4) is 0 Å². The summed E-state index contributed by atoms with van der Waals surface area (Å²) in [6.45, 7) is 1.78. The third kappa shape index (κ3) is 1.54. The fourth-order valence-electron chi connectivity index (χ4n) is 0.662. The first-order chi connectivity index (χ1) is 4.61. The summed E-state index contributed by atoms with van der Waals surface area (Å²) in [5, 5.41) is 0. The zero-order valence-corrected chi connectivity index (χ0v) is 8.39. The minimum Gasteiger partial charge on any atom is -0.268 e. The molecule has 4 heteroatoms. The molecule has 2 nitrogen and oxygen atoms in total. The molecule has 0 aliphatic carbocycles. The Bertz CT molecular complexity index is 281. The largest absolute Gasteiger partial charge is 0.268 e. The topological polar surface area (TPSA) is 22.0 Å². The van der Waals surface area contributed by atoms with Gasteiger partial charge >= 0.3 is 0 Å². The Balaban J connectivity index is 3.46. The number of aryl methyl sites for hydroxylation is 1. The molecule has 0 fully saturated rings. The zero-order chi connectivity index (χ0) is 7.72. The van der Waals surface area contributed by atoms with Crippen LogP contribution in [0, 0.1) is 10.5 Å². The Labute approximate surface area is 77.9 Å². The van der Waals surface area contributed by atoms with Crippen LogP contribution < -0.4 is 5.56 Å². The maximum atomic E-state index is 11.0. The van der Waals surface area contributed by atoms with E-state index in [1.165, 1.54) is 3.97 Å². The molecule has 0 amide bonds. The van der Waals surface area contributed by atoms with E-state index >= 15 is 0 Å². The van der Waals surface area contributed by atoms with Gasteiger partial charge in [0.05, 0.1) is 0 Å². The summed E-state index contributed by atoms with van der Waals surface area (Å²) in [6, 6.07) is 1.83. The Morgan fingerprint density at radius 2 is 2.30 bits per heavy atom. The number of hydrogen-bond acceptors (Lipinski definition) is 2. The van der Waals surface area contributed by atoms with Gasteiger partial charge in [-0.2, -0.15) is 0 Å². The van der Waals surface area contributed by atoms with Gasteiger partial charge in [0, 0.05) is 15.3 Å². The average molecular weight is 267 g/mol. The van der Waals surface area contributed by atoms with E-state index in [-0.39, 0.29) is 5.56 Å². The van der Waals surface area contributed by atoms with Gasteiger partial charge in [-0.3, -0.25) is 8.77 Å². The summed E-state index contributed by atoms with van der Waals surface area (Å²) in [5.41, 5.74) is 0.672. The van der Waals surface area contributed by atoms with Gasteiger partial charge in [-0.05, 0) is 35.6 Å². The highest BCUT2D eigenvalue weighted by Gasteiger charge is 1.96. The molecule has 1 aromatic rings. The number of hydrogen-bond donors (Lipinski definition) is 1. The zero-order valence-electron chi connectivity index (χ0n) is 5.34. The average Bonchev–Trinajstić information content (AvgIpc) is 1.82. The molecule has 10 heavy (non-hydrogen) atoms. The Hall–Kier alpha value is 0.0300. The van der Waals surface area contributed by atoms with E-state index in [2.05, 4.69) is 35.4 Å². The van der Waals surface area contributed by atoms with E-state index in [4.69, 9.17) is 0 Å². The van der Waals surface area contributed by atoms with Crippen molar-refractivity contribution in [3.05, 3.63) is 31.8 Å². The molecule has 1 heterocycles. The molecule has 0 aliphatic rings. The molecule has 0 aromatic carbocycles. The van der Waals surface area contributed by atoms with Crippen molar-refractivity contribution < 1.29 is 0 Å². The second kappa shape index (κ2) is 2.96. The quantitative estimate of drug-likeness (QED) is 0.558. The molecule has 0 N–H and O–H groups in total. The second-order valence-electron chi connectivity index (χ2n) is 1.99. The maximum Gasteiger partial charge on any atom is 0.263 e. The molecule has 0 unspecified atom stereocenters. The SMILES string of the molecule is Cc1cc(I)cn(S)c1=O. The van der Waals surface area contributed by atoms with E-state index in [9.17, 15) is 4.79 Å². The summed E-state index contributed by atoms with van der Waals surface area (Å²) < 4.78 is 2.31. The highest BCUT2D eigenvalue weighted by atomic mass is 127. The van der Waals surface area contributed by atoms with Gasteiger partial charge in [-0.1, -0.05) is 12.8 Å². The molecular weight excluding hydrogens is 261 g/mol. The van der Waals surface area contributed by atoms with E-state index in [0.29, 0.717) is 0 Å². The normalized spacial score (nSPS) is 9.90. The lowest BCUT2D eigenvalue weighted by Gasteiger charge is -1.97. The molecule has 0 bridgehead atoms. The lowest BCUT2D eigenvalue weighted by molar-refractivity contribution is 1.10. The minimum atomic E-state index is -0.0521. The van der Waals surface area contributed by atoms with E-state index in [1.807, 2.05) is 6.07 Å². The number of halogens is 1. The third-order valence-corrected chi connectivity index (χ3v) is 2.03. The van der Waals surface area contributed by atoms with Crippen molar-refractivity contribution in [2.24, 2.45) is 0 Å². The van der Waals surface area contributed by atoms with Gasteiger partial charge in [-0.25, -0.2) is 0 Å². The van der Waals surface area contributed by atoms with Gasteiger partial charge in [0.25, 0.3) is 5.56 Å². The number of aromatic nitrogens is 1. The molecule has 0 spiro atoms. The predicted molar refractivity (Wildman–Crippen MR) is 52.5 cm³/mol. The number of pyridine rings is 1. The first kappa shape index (κ1) is 8.13. The van der Waals surface area contributed by atoms with Gasteiger partial charge in [0.15, 0.2) is 0 Å². The van der Waals surface area contributed by atoms with Crippen LogP contribution in [0.1, 0.15) is 5.56 Å². The van der Waals surface area contributed by atoms with Gasteiger partial charge in [0.2, 0.25) is 0 Å². The summed E-state index contributed by atoms with van der Waals surface area (Å²) in [4.78, 5) is 11.0. The minimum absolute atomic E-state index is 0.0521. The molecule has 0 saturated heterocycles. The maximum absolute atomic E-state index is 11.0. The highest BCUT2D eigenvalue weighted by molar-refractivity contribution is 14.1. The van der Waals surface area contributed by atoms with Gasteiger partial charge < -0.3 is 0 Å². The van der Waals surface area contributed by atoms with Crippen LogP contribution in [0.25, 0.3) is 0 Å². The molecule has 1 rings (SSSR count). The number of nitrogens with zero attached hydrogens (tertiary/aromatic N) is 1. The molecular formula is C6H6INOS. The molecule has 1 aromatic heterocycles. The van der Waals surface area contributed by atoms with Gasteiger partial charge in [0.1, 0.15) is 0 Å². The Kier molecular flexibility index (Phi) is 2.40. The number of thiol groups is 1. The number of rotatable bonds is 0. The first-order valence-corrected chi connectivity index (χ1v) is 4.17. The van der Waals surface area contributed by atoms with Crippen molar-refractivity contribution in [2.75, 3.05) is 0 Å². The van der Waals surface area contributed by atoms with Crippen LogP contribution in [0.2, 0.25) is 0 Å². The lowest BCUT2D eigenvalue weighted by atomic mass is 10.3. The molecule has 0 atom stereocenters. The van der Waals surface area contributed by atoms with Crippen LogP contribution in [0.5, 0.6) is 0 Å². The molecule has 54 valence electrons.